The summed E-state index contributed by atoms with van der Waals surface area (Å²) in [5, 5.41) is 0.952. The second-order valence-corrected chi connectivity index (χ2v) is 8.20. The zero-order valence-corrected chi connectivity index (χ0v) is 15.0. The third-order valence-corrected chi connectivity index (χ3v) is 6.61. The quantitative estimate of drug-likeness (QED) is 0.805. The van der Waals surface area contributed by atoms with Gasteiger partial charge in [0.05, 0.1) is 14.9 Å². The largest absolute Gasteiger partial charge is 0.369 e. The van der Waals surface area contributed by atoms with E-state index >= 15 is 0 Å². The van der Waals surface area contributed by atoms with Gasteiger partial charge in [0.25, 0.3) is 0 Å². The van der Waals surface area contributed by atoms with Gasteiger partial charge in [-0.1, -0.05) is 23.2 Å². The summed E-state index contributed by atoms with van der Waals surface area (Å²) < 4.78 is 39.6. The fraction of sp³-hybridized carbons (Fsp3) is 0.250. The first-order valence-corrected chi connectivity index (χ1v) is 9.53. The fourth-order valence-corrected chi connectivity index (χ4v) is 4.34. The number of hydrogen-bond donors (Lipinski definition) is 0. The van der Waals surface area contributed by atoms with Crippen molar-refractivity contribution in [1.29, 1.82) is 0 Å². The summed E-state index contributed by atoms with van der Waals surface area (Å²) in [4.78, 5) is 2.16. The Kier molecular flexibility index (Phi) is 5.01. The van der Waals surface area contributed by atoms with Crippen LogP contribution in [0.2, 0.25) is 10.0 Å². The maximum Gasteiger partial charge on any atom is 0.243 e. The van der Waals surface area contributed by atoms with Crippen LogP contribution >= 0.6 is 23.2 Å². The molecule has 0 N–H and O–H groups in total. The van der Waals surface area contributed by atoms with Crippen LogP contribution in [0.3, 0.4) is 0 Å². The van der Waals surface area contributed by atoms with Crippen molar-refractivity contribution in [3.63, 3.8) is 0 Å². The molecule has 0 aromatic heterocycles. The van der Waals surface area contributed by atoms with Crippen molar-refractivity contribution in [2.45, 2.75) is 4.90 Å². The summed E-state index contributed by atoms with van der Waals surface area (Å²) in [5.74, 6) is -0.460. The van der Waals surface area contributed by atoms with E-state index in [1.807, 2.05) is 6.07 Å². The molecule has 0 bridgehead atoms. The molecule has 0 amide bonds. The summed E-state index contributed by atoms with van der Waals surface area (Å²) in [7, 11) is -3.61. The highest BCUT2D eigenvalue weighted by atomic mass is 35.5. The van der Waals surface area contributed by atoms with Crippen molar-refractivity contribution in [2.75, 3.05) is 31.1 Å². The van der Waals surface area contributed by atoms with E-state index in [2.05, 4.69) is 4.90 Å². The number of nitrogens with zero attached hydrogens (tertiary/aromatic N) is 2. The van der Waals surface area contributed by atoms with Gasteiger partial charge in [-0.05, 0) is 42.5 Å². The second kappa shape index (κ2) is 6.88. The maximum absolute atomic E-state index is 13.0. The molecule has 8 heteroatoms. The molecule has 2 aromatic rings. The zero-order valence-electron chi connectivity index (χ0n) is 12.6. The summed E-state index contributed by atoms with van der Waals surface area (Å²) in [6.07, 6.45) is 0. The van der Waals surface area contributed by atoms with Crippen LogP contribution in [0.4, 0.5) is 10.1 Å². The highest BCUT2D eigenvalue weighted by Gasteiger charge is 2.28. The molecular formula is C16H15Cl2FN2O2S. The van der Waals surface area contributed by atoms with Gasteiger partial charge in [0.1, 0.15) is 5.82 Å². The molecule has 3 rings (SSSR count). The normalized spacial score (nSPS) is 16.4. The third-order valence-electron chi connectivity index (χ3n) is 3.96. The molecule has 128 valence electrons. The van der Waals surface area contributed by atoms with Crippen LogP contribution in [-0.4, -0.2) is 38.9 Å². The Bertz CT molecular complexity index is 836. The van der Waals surface area contributed by atoms with Crippen LogP contribution in [0.1, 0.15) is 0 Å². The Balaban J connectivity index is 1.72. The first kappa shape index (κ1) is 17.5. The van der Waals surface area contributed by atoms with E-state index in [1.54, 1.807) is 12.1 Å². The minimum Gasteiger partial charge on any atom is -0.369 e. The average molecular weight is 389 g/mol. The summed E-state index contributed by atoms with van der Waals surface area (Å²) in [6.45, 7) is 1.77. The smallest absolute Gasteiger partial charge is 0.243 e. The Morgan fingerprint density at radius 3 is 2.08 bits per heavy atom. The molecule has 0 spiro atoms. The van der Waals surface area contributed by atoms with Gasteiger partial charge < -0.3 is 4.90 Å². The minimum absolute atomic E-state index is 0.104. The molecule has 24 heavy (non-hydrogen) atoms. The van der Waals surface area contributed by atoms with Gasteiger partial charge in [-0.3, -0.25) is 0 Å². The SMILES string of the molecule is O=S(=O)(c1ccc(F)cc1)N1CCN(c2ccc(Cl)c(Cl)c2)CC1. The van der Waals surface area contributed by atoms with Gasteiger partial charge in [0, 0.05) is 31.9 Å². The number of halogens is 3. The first-order valence-electron chi connectivity index (χ1n) is 7.33. The van der Waals surface area contributed by atoms with Crippen molar-refractivity contribution < 1.29 is 12.8 Å². The zero-order chi connectivity index (χ0) is 17.3. The van der Waals surface area contributed by atoms with Gasteiger partial charge in [-0.2, -0.15) is 4.31 Å². The first-order chi connectivity index (χ1) is 11.4. The number of hydrogen-bond acceptors (Lipinski definition) is 3. The number of rotatable bonds is 3. The predicted molar refractivity (Wildman–Crippen MR) is 93.8 cm³/mol. The van der Waals surface area contributed by atoms with Crippen LogP contribution in [0.5, 0.6) is 0 Å². The van der Waals surface area contributed by atoms with Crippen molar-refractivity contribution in [1.82, 2.24) is 4.31 Å². The predicted octanol–water partition coefficient (Wildman–Crippen LogP) is 3.64. The molecule has 1 heterocycles. The van der Waals surface area contributed by atoms with E-state index in [1.165, 1.54) is 16.4 Å². The van der Waals surface area contributed by atoms with Crippen LogP contribution in [-0.2, 0) is 10.0 Å². The van der Waals surface area contributed by atoms with Gasteiger partial charge in [0.2, 0.25) is 10.0 Å². The standard InChI is InChI=1S/C16H15Cl2FN2O2S/c17-15-6-3-13(11-16(15)18)20-7-9-21(10-8-20)24(22,23)14-4-1-12(19)2-5-14/h1-6,11H,7-10H2. The lowest BCUT2D eigenvalue weighted by Crippen LogP contribution is -2.48. The van der Waals surface area contributed by atoms with E-state index in [9.17, 15) is 12.8 Å². The van der Waals surface area contributed by atoms with Gasteiger partial charge in [-0.15, -0.1) is 0 Å². The van der Waals surface area contributed by atoms with E-state index in [-0.39, 0.29) is 4.90 Å². The molecule has 1 aliphatic heterocycles. The molecule has 4 nitrogen and oxygen atoms in total. The van der Waals surface area contributed by atoms with Crippen LogP contribution in [0, 0.1) is 5.82 Å². The van der Waals surface area contributed by atoms with Crippen LogP contribution < -0.4 is 4.90 Å². The summed E-state index contributed by atoms with van der Waals surface area (Å²) in [6, 6.07) is 10.2. The van der Waals surface area contributed by atoms with E-state index in [0.29, 0.717) is 36.2 Å². The molecule has 2 aromatic carbocycles. The summed E-state index contributed by atoms with van der Waals surface area (Å²) in [5.41, 5.74) is 0.906. The third kappa shape index (κ3) is 3.52. The lowest BCUT2D eigenvalue weighted by Gasteiger charge is -2.35. The molecule has 0 aliphatic carbocycles. The number of sulfonamides is 1. The van der Waals surface area contributed by atoms with Crippen molar-refractivity contribution >= 4 is 38.9 Å². The minimum atomic E-state index is -3.61. The molecule has 0 unspecified atom stereocenters. The van der Waals surface area contributed by atoms with Gasteiger partial charge in [-0.25, -0.2) is 12.8 Å². The van der Waals surface area contributed by atoms with Crippen molar-refractivity contribution in [3.8, 4) is 0 Å². The molecule has 0 radical (unpaired) electrons. The highest BCUT2D eigenvalue weighted by Crippen LogP contribution is 2.28. The Morgan fingerprint density at radius 2 is 1.50 bits per heavy atom. The van der Waals surface area contributed by atoms with Gasteiger partial charge in [0.15, 0.2) is 0 Å². The Labute approximate surface area is 150 Å². The van der Waals surface area contributed by atoms with Crippen LogP contribution in [0.25, 0.3) is 0 Å². The fourth-order valence-electron chi connectivity index (χ4n) is 2.62. The Hall–Kier alpha value is -1.34. The van der Waals surface area contributed by atoms with Crippen LogP contribution in [0.15, 0.2) is 47.4 Å². The monoisotopic (exact) mass is 388 g/mol. The van der Waals surface area contributed by atoms with Crippen molar-refractivity contribution in [3.05, 3.63) is 58.3 Å². The number of piperazine rings is 1. The lowest BCUT2D eigenvalue weighted by molar-refractivity contribution is 0.385. The molecule has 1 saturated heterocycles. The highest BCUT2D eigenvalue weighted by molar-refractivity contribution is 7.89. The van der Waals surface area contributed by atoms with Gasteiger partial charge >= 0.3 is 0 Å². The maximum atomic E-state index is 13.0. The van der Waals surface area contributed by atoms with E-state index in [4.69, 9.17) is 23.2 Å². The van der Waals surface area contributed by atoms with E-state index < -0.39 is 15.8 Å². The molecule has 0 saturated carbocycles. The average Bonchev–Trinajstić information content (AvgIpc) is 2.58. The number of anilines is 1. The molecule has 0 atom stereocenters. The lowest BCUT2D eigenvalue weighted by atomic mass is 10.2. The van der Waals surface area contributed by atoms with Crippen molar-refractivity contribution in [2.24, 2.45) is 0 Å². The molecule has 1 fully saturated rings. The summed E-state index contributed by atoms with van der Waals surface area (Å²) >= 11 is 11.9. The van der Waals surface area contributed by atoms with E-state index in [0.717, 1.165) is 17.8 Å². The topological polar surface area (TPSA) is 40.6 Å². The molecule has 1 aliphatic rings. The molecular weight excluding hydrogens is 374 g/mol. The number of benzene rings is 2. The Morgan fingerprint density at radius 1 is 0.875 bits per heavy atom. The second-order valence-electron chi connectivity index (χ2n) is 5.44.